The van der Waals surface area contributed by atoms with Crippen LogP contribution in [0.15, 0.2) is 0 Å². The first-order valence-corrected chi connectivity index (χ1v) is 7.77. The van der Waals surface area contributed by atoms with Gasteiger partial charge in [-0.1, -0.05) is 6.92 Å². The number of hydrogen-bond acceptors (Lipinski definition) is 3. The molecule has 5 nitrogen and oxygen atoms in total. The van der Waals surface area contributed by atoms with Crippen molar-refractivity contribution in [3.63, 3.8) is 0 Å². The number of hydrogen-bond donors (Lipinski definition) is 1. The first-order valence-electron chi connectivity index (χ1n) is 7.77. The van der Waals surface area contributed by atoms with E-state index in [2.05, 4.69) is 16.9 Å². The highest BCUT2D eigenvalue weighted by Crippen LogP contribution is 2.33. The summed E-state index contributed by atoms with van der Waals surface area (Å²) in [5.41, 5.74) is 2.58. The fourth-order valence-corrected chi connectivity index (χ4v) is 2.84. The maximum atomic E-state index is 11.6. The van der Waals surface area contributed by atoms with E-state index in [-0.39, 0.29) is 5.91 Å². The van der Waals surface area contributed by atoms with E-state index in [9.17, 15) is 4.79 Å². The summed E-state index contributed by atoms with van der Waals surface area (Å²) in [5.74, 6) is 1.98. The van der Waals surface area contributed by atoms with E-state index in [0.717, 1.165) is 44.2 Å². The average Bonchev–Trinajstić information content (AvgIpc) is 3.19. The number of carbonyl (C=O) groups excluding carboxylic acids is 1. The van der Waals surface area contributed by atoms with Gasteiger partial charge in [-0.25, -0.2) is 0 Å². The highest BCUT2D eigenvalue weighted by atomic mass is 16.2. The van der Waals surface area contributed by atoms with Crippen LogP contribution in [0.2, 0.25) is 0 Å². The zero-order valence-corrected chi connectivity index (χ0v) is 12.5. The van der Waals surface area contributed by atoms with E-state index in [4.69, 9.17) is 5.10 Å². The van der Waals surface area contributed by atoms with E-state index in [1.165, 1.54) is 24.1 Å². The van der Waals surface area contributed by atoms with Crippen LogP contribution in [0.1, 0.15) is 44.4 Å². The normalized spacial score (nSPS) is 18.0. The molecule has 0 atom stereocenters. The third-order valence-electron chi connectivity index (χ3n) is 4.25. The van der Waals surface area contributed by atoms with Crippen molar-refractivity contribution < 1.29 is 4.79 Å². The van der Waals surface area contributed by atoms with Gasteiger partial charge in [0.25, 0.3) is 0 Å². The summed E-state index contributed by atoms with van der Waals surface area (Å²) in [6.45, 7) is 7.33. The van der Waals surface area contributed by atoms with Crippen LogP contribution < -0.4 is 5.32 Å². The molecule has 1 fully saturated rings. The molecule has 2 heterocycles. The fourth-order valence-electron chi connectivity index (χ4n) is 2.84. The summed E-state index contributed by atoms with van der Waals surface area (Å²) in [7, 11) is 0. The molecular formula is C15H24N4O. The van der Waals surface area contributed by atoms with Crippen molar-refractivity contribution in [3.8, 4) is 0 Å². The molecule has 0 unspecified atom stereocenters. The van der Waals surface area contributed by atoms with Gasteiger partial charge in [0.05, 0.1) is 6.54 Å². The van der Waals surface area contributed by atoms with Crippen LogP contribution in [0, 0.1) is 5.92 Å². The van der Waals surface area contributed by atoms with Gasteiger partial charge in [-0.2, -0.15) is 5.10 Å². The lowest BCUT2D eigenvalue weighted by molar-refractivity contribution is -0.129. The first kappa shape index (κ1) is 13.5. The lowest BCUT2D eigenvalue weighted by atomic mass is 10.1. The minimum absolute atomic E-state index is 0.159. The van der Waals surface area contributed by atoms with Gasteiger partial charge in [0.1, 0.15) is 0 Å². The van der Waals surface area contributed by atoms with E-state index in [1.54, 1.807) is 6.92 Å². The molecule has 1 aliphatic carbocycles. The Labute approximate surface area is 120 Å². The van der Waals surface area contributed by atoms with Gasteiger partial charge < -0.3 is 10.2 Å². The molecule has 1 N–H and O–H groups in total. The number of aromatic nitrogens is 2. The van der Waals surface area contributed by atoms with Gasteiger partial charge in [-0.15, -0.1) is 0 Å². The van der Waals surface area contributed by atoms with Crippen LogP contribution in [-0.2, 0) is 24.3 Å². The van der Waals surface area contributed by atoms with Crippen LogP contribution >= 0.6 is 0 Å². The fraction of sp³-hybridized carbons (Fsp3) is 0.733. The molecule has 5 heteroatoms. The Hall–Kier alpha value is -1.52. The molecule has 3 rings (SSSR count). The Kier molecular flexibility index (Phi) is 3.68. The monoisotopic (exact) mass is 276 g/mol. The summed E-state index contributed by atoms with van der Waals surface area (Å²) in [5, 5.41) is 8.20. The quantitative estimate of drug-likeness (QED) is 0.895. The van der Waals surface area contributed by atoms with Crippen LogP contribution in [0.25, 0.3) is 0 Å². The Morgan fingerprint density at radius 2 is 2.25 bits per heavy atom. The highest BCUT2D eigenvalue weighted by molar-refractivity contribution is 5.74. The van der Waals surface area contributed by atoms with E-state index >= 15 is 0 Å². The van der Waals surface area contributed by atoms with Crippen molar-refractivity contribution in [2.75, 3.05) is 18.4 Å². The number of nitrogens with zero attached hydrogens (tertiary/aromatic N) is 3. The molecule has 0 saturated heterocycles. The van der Waals surface area contributed by atoms with E-state index in [0.29, 0.717) is 6.54 Å². The zero-order chi connectivity index (χ0) is 14.1. The molecule has 1 aromatic heterocycles. The predicted octanol–water partition coefficient (Wildman–Crippen LogP) is 2.02. The summed E-state index contributed by atoms with van der Waals surface area (Å²) in [6.07, 6.45) is 4.70. The molecule has 0 radical (unpaired) electrons. The predicted molar refractivity (Wildman–Crippen MR) is 78.5 cm³/mol. The molecular weight excluding hydrogens is 252 g/mol. The highest BCUT2D eigenvalue weighted by Gasteiger charge is 2.29. The van der Waals surface area contributed by atoms with Gasteiger partial charge in [0.15, 0.2) is 5.82 Å². The number of nitrogens with one attached hydrogen (secondary N) is 1. The van der Waals surface area contributed by atoms with Crippen molar-refractivity contribution in [1.29, 1.82) is 0 Å². The molecule has 1 amide bonds. The Morgan fingerprint density at radius 3 is 2.90 bits per heavy atom. The first-order chi connectivity index (χ1) is 9.69. The molecule has 20 heavy (non-hydrogen) atoms. The Morgan fingerprint density at radius 1 is 1.45 bits per heavy atom. The van der Waals surface area contributed by atoms with Gasteiger partial charge in [0.2, 0.25) is 5.91 Å². The van der Waals surface area contributed by atoms with Gasteiger partial charge in [-0.3, -0.25) is 9.48 Å². The number of rotatable bonds is 5. The molecule has 1 aliphatic heterocycles. The van der Waals surface area contributed by atoms with Gasteiger partial charge in [-0.05, 0) is 25.2 Å². The van der Waals surface area contributed by atoms with Crippen molar-refractivity contribution in [2.45, 2.75) is 52.6 Å². The van der Waals surface area contributed by atoms with Crippen LogP contribution in [-0.4, -0.2) is 33.7 Å². The largest absolute Gasteiger partial charge is 0.368 e. The second-order valence-electron chi connectivity index (χ2n) is 6.02. The minimum Gasteiger partial charge on any atom is -0.368 e. The number of carbonyl (C=O) groups is 1. The Bertz CT molecular complexity index is 504. The molecule has 0 spiro atoms. The molecule has 110 valence electrons. The van der Waals surface area contributed by atoms with Gasteiger partial charge >= 0.3 is 0 Å². The summed E-state index contributed by atoms with van der Waals surface area (Å²) in [6, 6.07) is 0. The average molecular weight is 276 g/mol. The van der Waals surface area contributed by atoms with Crippen molar-refractivity contribution in [1.82, 2.24) is 14.7 Å². The van der Waals surface area contributed by atoms with Crippen LogP contribution in [0.5, 0.6) is 0 Å². The maximum absolute atomic E-state index is 11.6. The third-order valence-corrected chi connectivity index (χ3v) is 4.25. The van der Waals surface area contributed by atoms with Crippen molar-refractivity contribution in [2.24, 2.45) is 5.92 Å². The SMILES string of the molecule is CCCNc1nn(CC2CC2)c2c1CN(C(C)=O)CC2. The van der Waals surface area contributed by atoms with Crippen molar-refractivity contribution >= 4 is 11.7 Å². The topological polar surface area (TPSA) is 50.2 Å². The second-order valence-corrected chi connectivity index (χ2v) is 6.02. The third kappa shape index (κ3) is 2.67. The van der Waals surface area contributed by atoms with Crippen LogP contribution in [0.3, 0.4) is 0 Å². The number of amides is 1. The number of anilines is 1. The van der Waals surface area contributed by atoms with Gasteiger partial charge in [0, 0.05) is 44.2 Å². The molecule has 1 saturated carbocycles. The standard InChI is InChI=1S/C15H24N4O/c1-3-7-16-15-13-10-18(11(2)20)8-6-14(13)19(17-15)9-12-4-5-12/h12H,3-10H2,1-2H3,(H,16,17). The molecule has 2 aliphatic rings. The minimum atomic E-state index is 0.159. The lowest BCUT2D eigenvalue weighted by Crippen LogP contribution is -2.34. The zero-order valence-electron chi connectivity index (χ0n) is 12.5. The molecule has 0 aromatic carbocycles. The van der Waals surface area contributed by atoms with Crippen LogP contribution in [0.4, 0.5) is 5.82 Å². The molecule has 0 bridgehead atoms. The number of fused-ring (bicyclic) bond motifs is 1. The molecule has 1 aromatic rings. The summed E-state index contributed by atoms with van der Waals surface area (Å²) < 4.78 is 2.20. The smallest absolute Gasteiger partial charge is 0.219 e. The van der Waals surface area contributed by atoms with E-state index in [1.807, 2.05) is 4.90 Å². The Balaban J connectivity index is 1.85. The van der Waals surface area contributed by atoms with E-state index < -0.39 is 0 Å². The second kappa shape index (κ2) is 5.46. The maximum Gasteiger partial charge on any atom is 0.219 e. The lowest BCUT2D eigenvalue weighted by Gasteiger charge is -2.26. The summed E-state index contributed by atoms with van der Waals surface area (Å²) >= 11 is 0. The van der Waals surface area contributed by atoms with Crippen molar-refractivity contribution in [3.05, 3.63) is 11.3 Å². The summed E-state index contributed by atoms with van der Waals surface area (Å²) in [4.78, 5) is 13.5.